The van der Waals surface area contributed by atoms with Crippen LogP contribution in [0.4, 0.5) is 35.1 Å². The van der Waals surface area contributed by atoms with E-state index in [1.807, 2.05) is 0 Å². The maximum atomic E-state index is 13.3. The Morgan fingerprint density at radius 2 is 1.55 bits per heavy atom. The molecule has 0 fully saturated rings. The molecule has 0 radical (unpaired) electrons. The van der Waals surface area contributed by atoms with Gasteiger partial charge in [-0.2, -0.15) is 40.2 Å². The minimum Gasteiger partial charge on any atom is -0.477 e. The number of hydrogen-bond acceptors (Lipinski definition) is 2. The minimum atomic E-state index is -6.36. The fraction of sp³-hybridized carbons (Fsp3) is 0.600. The Kier molecular flexibility index (Phi) is 4.20. The number of nitrogens with zero attached hydrogens (tertiary/aromatic N) is 2. The molecule has 4 nitrogen and oxygen atoms in total. The van der Waals surface area contributed by atoms with Crippen molar-refractivity contribution in [3.8, 4) is 0 Å². The lowest BCUT2D eigenvalue weighted by Crippen LogP contribution is -2.36. The Bertz CT molecular complexity index is 585. The van der Waals surface area contributed by atoms with Crippen LogP contribution < -0.4 is 0 Å². The lowest BCUT2D eigenvalue weighted by Gasteiger charge is -2.19. The summed E-state index contributed by atoms with van der Waals surface area (Å²) in [5, 5.41) is 11.3. The van der Waals surface area contributed by atoms with Crippen LogP contribution in [0.5, 0.6) is 0 Å². The van der Waals surface area contributed by atoms with Gasteiger partial charge in [-0.3, -0.25) is 4.68 Å². The maximum Gasteiger partial charge on any atom is 0.459 e. The van der Waals surface area contributed by atoms with Crippen LogP contribution in [-0.4, -0.2) is 27.0 Å². The summed E-state index contributed by atoms with van der Waals surface area (Å²) in [5.41, 5.74) is -7.07. The number of halogens is 8. The molecule has 126 valence electrons. The van der Waals surface area contributed by atoms with Crippen molar-refractivity contribution in [2.45, 2.75) is 38.2 Å². The van der Waals surface area contributed by atoms with E-state index in [4.69, 9.17) is 5.11 Å². The number of alkyl halides is 8. The number of hydrogen-bond donors (Lipinski definition) is 1. The Hall–Kier alpha value is -1.88. The smallest absolute Gasteiger partial charge is 0.459 e. The van der Waals surface area contributed by atoms with Gasteiger partial charge in [0.2, 0.25) is 0 Å². The van der Waals surface area contributed by atoms with Gasteiger partial charge in [0, 0.05) is 6.04 Å². The molecule has 0 aliphatic heterocycles. The predicted octanol–water partition coefficient (Wildman–Crippen LogP) is 3.84. The van der Waals surface area contributed by atoms with Crippen molar-refractivity contribution in [2.24, 2.45) is 0 Å². The van der Waals surface area contributed by atoms with Crippen molar-refractivity contribution in [2.75, 3.05) is 0 Å². The largest absolute Gasteiger partial charge is 0.477 e. The Morgan fingerprint density at radius 1 is 1.09 bits per heavy atom. The van der Waals surface area contributed by atoms with Gasteiger partial charge in [0.05, 0.1) is 0 Å². The second-order valence-electron chi connectivity index (χ2n) is 4.49. The third-order valence-corrected chi connectivity index (χ3v) is 2.54. The summed E-state index contributed by atoms with van der Waals surface area (Å²) < 4.78 is 102. The molecule has 0 unspecified atom stereocenters. The Morgan fingerprint density at radius 3 is 1.82 bits per heavy atom. The van der Waals surface area contributed by atoms with Gasteiger partial charge >= 0.3 is 24.2 Å². The molecule has 0 spiro atoms. The first-order valence-corrected chi connectivity index (χ1v) is 5.50. The molecule has 1 heterocycles. The lowest BCUT2D eigenvalue weighted by molar-refractivity contribution is -0.292. The predicted molar refractivity (Wildman–Crippen MR) is 54.5 cm³/mol. The number of carboxylic acids is 1. The van der Waals surface area contributed by atoms with E-state index in [0.717, 1.165) is 13.8 Å². The van der Waals surface area contributed by atoms with Crippen molar-refractivity contribution in [3.05, 3.63) is 17.0 Å². The minimum absolute atomic E-state index is 0.0276. The van der Waals surface area contributed by atoms with Crippen molar-refractivity contribution in [1.82, 2.24) is 9.78 Å². The van der Waals surface area contributed by atoms with E-state index in [1.165, 1.54) is 0 Å². The molecule has 12 heteroatoms. The van der Waals surface area contributed by atoms with Crippen LogP contribution in [0.3, 0.4) is 0 Å². The zero-order valence-electron chi connectivity index (χ0n) is 10.9. The zero-order chi connectivity index (χ0) is 17.7. The molecule has 0 aliphatic rings. The molecule has 0 saturated carbocycles. The standard InChI is InChI=1S/C10H8F8N2O2/c1-3(2)20-5(7(21)22)4(9(13,14)15)6(19-20)8(11,12)10(16,17)18/h3H,1-2H3,(H,21,22). The second kappa shape index (κ2) is 5.09. The summed E-state index contributed by atoms with van der Waals surface area (Å²) >= 11 is 0. The van der Waals surface area contributed by atoms with E-state index >= 15 is 0 Å². The first-order valence-electron chi connectivity index (χ1n) is 5.50. The molecular weight excluding hydrogens is 332 g/mol. The van der Waals surface area contributed by atoms with E-state index in [2.05, 4.69) is 5.10 Å². The van der Waals surface area contributed by atoms with Gasteiger partial charge in [-0.25, -0.2) is 4.79 Å². The summed E-state index contributed by atoms with van der Waals surface area (Å²) in [6.45, 7) is 2.16. The maximum absolute atomic E-state index is 13.3. The van der Waals surface area contributed by atoms with Gasteiger partial charge in [0.25, 0.3) is 0 Å². The van der Waals surface area contributed by atoms with Gasteiger partial charge in [-0.1, -0.05) is 0 Å². The van der Waals surface area contributed by atoms with Crippen molar-refractivity contribution < 1.29 is 45.0 Å². The van der Waals surface area contributed by atoms with Crippen LogP contribution in [0.25, 0.3) is 0 Å². The highest BCUT2D eigenvalue weighted by atomic mass is 19.4. The molecule has 0 aromatic carbocycles. The van der Waals surface area contributed by atoms with Crippen molar-refractivity contribution in [1.29, 1.82) is 0 Å². The van der Waals surface area contributed by atoms with Crippen LogP contribution in [-0.2, 0) is 12.1 Å². The first-order chi connectivity index (χ1) is 9.62. The molecule has 0 atom stereocenters. The lowest BCUT2D eigenvalue weighted by atomic mass is 10.1. The summed E-state index contributed by atoms with van der Waals surface area (Å²) in [6, 6.07) is -1.19. The highest BCUT2D eigenvalue weighted by Crippen LogP contribution is 2.48. The molecule has 1 rings (SSSR count). The van der Waals surface area contributed by atoms with Crippen LogP contribution >= 0.6 is 0 Å². The van der Waals surface area contributed by atoms with Crippen LogP contribution in [0.2, 0.25) is 0 Å². The average Bonchev–Trinajstić information content (AvgIpc) is 2.67. The SMILES string of the molecule is CC(C)n1nc(C(F)(F)C(F)(F)F)c(C(F)(F)F)c1C(=O)O. The van der Waals surface area contributed by atoms with E-state index < -0.39 is 47.2 Å². The molecule has 0 amide bonds. The third-order valence-electron chi connectivity index (χ3n) is 2.54. The molecule has 1 N–H and O–H groups in total. The molecule has 22 heavy (non-hydrogen) atoms. The van der Waals surface area contributed by atoms with Gasteiger partial charge in [-0.15, -0.1) is 0 Å². The van der Waals surface area contributed by atoms with Gasteiger partial charge in [0.1, 0.15) is 5.56 Å². The second-order valence-corrected chi connectivity index (χ2v) is 4.49. The first kappa shape index (κ1) is 18.2. The normalized spacial score (nSPS) is 13.8. The summed E-state index contributed by atoms with van der Waals surface area (Å²) in [7, 11) is 0. The zero-order valence-corrected chi connectivity index (χ0v) is 10.9. The highest BCUT2D eigenvalue weighted by Gasteiger charge is 2.64. The summed E-state index contributed by atoms with van der Waals surface area (Å²) in [6.07, 6.45) is -12.1. The van der Waals surface area contributed by atoms with Crippen LogP contribution in [0.15, 0.2) is 0 Å². The van der Waals surface area contributed by atoms with Crippen molar-refractivity contribution in [3.63, 3.8) is 0 Å². The van der Waals surface area contributed by atoms with E-state index in [9.17, 15) is 39.9 Å². The number of aromatic nitrogens is 2. The molecule has 1 aromatic heterocycles. The monoisotopic (exact) mass is 340 g/mol. The molecular formula is C10H8F8N2O2. The van der Waals surface area contributed by atoms with Gasteiger partial charge < -0.3 is 5.11 Å². The molecule has 0 saturated heterocycles. The average molecular weight is 340 g/mol. The van der Waals surface area contributed by atoms with E-state index in [0.29, 0.717) is 0 Å². The quantitative estimate of drug-likeness (QED) is 0.851. The highest BCUT2D eigenvalue weighted by molar-refractivity contribution is 5.88. The van der Waals surface area contributed by atoms with Gasteiger partial charge in [-0.05, 0) is 13.8 Å². The van der Waals surface area contributed by atoms with Crippen LogP contribution in [0, 0.1) is 0 Å². The van der Waals surface area contributed by atoms with E-state index in [1.54, 1.807) is 0 Å². The number of carbonyl (C=O) groups is 1. The van der Waals surface area contributed by atoms with Gasteiger partial charge in [0.15, 0.2) is 11.4 Å². The summed E-state index contributed by atoms with van der Waals surface area (Å²) in [5.74, 6) is -8.28. The molecule has 0 bridgehead atoms. The van der Waals surface area contributed by atoms with E-state index in [-0.39, 0.29) is 4.68 Å². The number of aromatic carboxylic acids is 1. The topological polar surface area (TPSA) is 55.1 Å². The number of rotatable bonds is 3. The Balaban J connectivity index is 3.88. The number of carboxylic acid groups (broad SMARTS) is 1. The summed E-state index contributed by atoms with van der Waals surface area (Å²) in [4.78, 5) is 10.9. The fourth-order valence-corrected chi connectivity index (χ4v) is 1.64. The Labute approximate surface area is 117 Å². The molecule has 0 aliphatic carbocycles. The molecule has 1 aromatic rings. The van der Waals surface area contributed by atoms with Crippen LogP contribution in [0.1, 0.15) is 41.6 Å². The van der Waals surface area contributed by atoms with Crippen molar-refractivity contribution >= 4 is 5.97 Å². The fourth-order valence-electron chi connectivity index (χ4n) is 1.64. The third kappa shape index (κ3) is 2.86.